The summed E-state index contributed by atoms with van der Waals surface area (Å²) < 4.78 is 19.2. The van der Waals surface area contributed by atoms with Crippen molar-refractivity contribution in [2.45, 2.75) is 38.8 Å². The van der Waals surface area contributed by atoms with Crippen LogP contribution in [-0.4, -0.2) is 49.5 Å². The number of carbonyl (C=O) groups excluding carboxylic acids is 1. The molecule has 2 saturated heterocycles. The molecule has 2 aliphatic heterocycles. The largest absolute Gasteiger partial charge is 0.491 e. The fourth-order valence-electron chi connectivity index (χ4n) is 4.72. The molecule has 4 heterocycles. The number of pyridine rings is 1. The molecule has 7 nitrogen and oxygen atoms in total. The fourth-order valence-corrected chi connectivity index (χ4v) is 4.72. The molecule has 0 N–H and O–H groups in total. The topological polar surface area (TPSA) is 73.1 Å². The number of piperidine rings is 2. The number of aryl methyl sites for hydroxylation is 1. The van der Waals surface area contributed by atoms with Crippen molar-refractivity contribution >= 4 is 5.91 Å². The predicted molar refractivity (Wildman–Crippen MR) is 111 cm³/mol. The van der Waals surface area contributed by atoms with Gasteiger partial charge in [-0.1, -0.05) is 6.92 Å². The Labute approximate surface area is 179 Å². The Morgan fingerprint density at radius 1 is 1.13 bits per heavy atom. The van der Waals surface area contributed by atoms with Gasteiger partial charge in [-0.2, -0.15) is 10.2 Å². The molecule has 3 fully saturated rings. The average molecular weight is 421 g/mol. The molecule has 1 amide bonds. The number of aromatic nitrogens is 4. The van der Waals surface area contributed by atoms with Crippen LogP contribution in [0.5, 0.6) is 5.75 Å². The Hall–Kier alpha value is -3.29. The maximum absolute atomic E-state index is 13.8. The number of nitrogens with zero attached hydrogens (tertiary/aromatic N) is 5. The molecule has 0 radical (unpaired) electrons. The number of carbonyl (C=O) groups is 1. The number of amides is 1. The van der Waals surface area contributed by atoms with Crippen LogP contribution in [0.15, 0.2) is 48.8 Å². The van der Waals surface area contributed by atoms with Gasteiger partial charge in [0.25, 0.3) is 5.91 Å². The zero-order valence-corrected chi connectivity index (χ0v) is 17.5. The van der Waals surface area contributed by atoms with E-state index < -0.39 is 0 Å². The quantitative estimate of drug-likeness (QED) is 0.631. The van der Waals surface area contributed by atoms with Crippen LogP contribution in [0.2, 0.25) is 0 Å². The molecule has 2 atom stereocenters. The van der Waals surface area contributed by atoms with E-state index in [-0.39, 0.29) is 23.8 Å². The summed E-state index contributed by atoms with van der Waals surface area (Å²) >= 11 is 0. The summed E-state index contributed by atoms with van der Waals surface area (Å²) in [6, 6.07) is 9.74. The maximum atomic E-state index is 13.8. The lowest BCUT2D eigenvalue weighted by Crippen LogP contribution is -2.64. The molecule has 6 rings (SSSR count). The lowest BCUT2D eigenvalue weighted by molar-refractivity contribution is -0.0673. The van der Waals surface area contributed by atoms with Crippen molar-refractivity contribution in [2.24, 2.45) is 11.8 Å². The summed E-state index contributed by atoms with van der Waals surface area (Å²) in [5, 5.41) is 8.38. The van der Waals surface area contributed by atoms with Crippen molar-refractivity contribution in [3.63, 3.8) is 0 Å². The standard InChI is InChI=1S/C23H24FN5O2/c1-14-3-8-20(29-25-9-10-26-29)22(27-14)23(30)28-18-11-16(12-18)15(2)21(28)13-31-19-6-4-17(24)5-7-19/h3-10,15-16,18,21H,11-13H2,1-2H3/t15-,16?,18?,21?/m1/s1. The molecule has 1 aromatic carbocycles. The van der Waals surface area contributed by atoms with E-state index in [4.69, 9.17) is 4.74 Å². The summed E-state index contributed by atoms with van der Waals surface area (Å²) in [4.78, 5) is 21.8. The molecule has 2 bridgehead atoms. The first-order valence-corrected chi connectivity index (χ1v) is 10.6. The number of halogens is 1. The van der Waals surface area contributed by atoms with E-state index in [0.29, 0.717) is 35.6 Å². The van der Waals surface area contributed by atoms with Crippen molar-refractivity contribution in [1.29, 1.82) is 0 Å². The van der Waals surface area contributed by atoms with Gasteiger partial charge in [0, 0.05) is 11.7 Å². The lowest BCUT2D eigenvalue weighted by Gasteiger charge is -2.57. The Morgan fingerprint density at radius 3 is 2.55 bits per heavy atom. The van der Waals surface area contributed by atoms with Crippen LogP contribution in [0.25, 0.3) is 5.69 Å². The van der Waals surface area contributed by atoms with Crippen molar-refractivity contribution < 1.29 is 13.9 Å². The molecule has 8 heteroatoms. The molecule has 160 valence electrons. The molecule has 0 spiro atoms. The third-order valence-corrected chi connectivity index (χ3v) is 6.57. The molecule has 3 aromatic rings. The first kappa shape index (κ1) is 19.7. The van der Waals surface area contributed by atoms with Gasteiger partial charge in [0.1, 0.15) is 23.9 Å². The highest BCUT2D eigenvalue weighted by molar-refractivity contribution is 5.96. The third kappa shape index (κ3) is 3.56. The zero-order valence-electron chi connectivity index (χ0n) is 17.5. The van der Waals surface area contributed by atoms with E-state index in [1.54, 1.807) is 24.5 Å². The minimum atomic E-state index is -0.304. The molecule has 3 aliphatic rings. The van der Waals surface area contributed by atoms with E-state index in [0.717, 1.165) is 18.5 Å². The fraction of sp³-hybridized carbons (Fsp3) is 0.391. The SMILES string of the molecule is Cc1ccc(-n2nccn2)c(C(=O)N2C3CC(C3)[C@@H](C)C2COc2ccc(F)cc2)n1. The minimum absolute atomic E-state index is 0.0872. The highest BCUT2D eigenvalue weighted by Crippen LogP contribution is 2.47. The molecule has 1 saturated carbocycles. The predicted octanol–water partition coefficient (Wildman–Crippen LogP) is 3.43. The molecule has 1 aliphatic carbocycles. The second kappa shape index (κ2) is 7.76. The zero-order chi connectivity index (χ0) is 21.5. The summed E-state index contributed by atoms with van der Waals surface area (Å²) in [5.41, 5.74) is 1.67. The number of ether oxygens (including phenoxy) is 1. The number of fused-ring (bicyclic) bond motifs is 2. The van der Waals surface area contributed by atoms with Crippen LogP contribution in [0, 0.1) is 24.6 Å². The van der Waals surface area contributed by atoms with Crippen LogP contribution in [-0.2, 0) is 0 Å². The van der Waals surface area contributed by atoms with Crippen molar-refractivity contribution in [3.05, 3.63) is 66.0 Å². The minimum Gasteiger partial charge on any atom is -0.491 e. The van der Waals surface area contributed by atoms with Crippen LogP contribution in [0.4, 0.5) is 4.39 Å². The van der Waals surface area contributed by atoms with E-state index in [1.807, 2.05) is 24.0 Å². The molecule has 1 unspecified atom stereocenters. The van der Waals surface area contributed by atoms with Crippen LogP contribution in [0.1, 0.15) is 35.9 Å². The van der Waals surface area contributed by atoms with Gasteiger partial charge in [0.2, 0.25) is 0 Å². The van der Waals surface area contributed by atoms with Gasteiger partial charge in [-0.25, -0.2) is 9.37 Å². The Kier molecular flexibility index (Phi) is 4.92. The molecule has 31 heavy (non-hydrogen) atoms. The smallest absolute Gasteiger partial charge is 0.275 e. The van der Waals surface area contributed by atoms with Gasteiger partial charge in [-0.05, 0) is 68.0 Å². The van der Waals surface area contributed by atoms with E-state index >= 15 is 0 Å². The van der Waals surface area contributed by atoms with Crippen LogP contribution >= 0.6 is 0 Å². The van der Waals surface area contributed by atoms with E-state index in [9.17, 15) is 9.18 Å². The summed E-state index contributed by atoms with van der Waals surface area (Å²) in [7, 11) is 0. The summed E-state index contributed by atoms with van der Waals surface area (Å²) in [5.74, 6) is 1.05. The Balaban J connectivity index is 1.45. The Bertz CT molecular complexity index is 1080. The second-order valence-corrected chi connectivity index (χ2v) is 8.43. The van der Waals surface area contributed by atoms with Gasteiger partial charge in [0.05, 0.1) is 18.4 Å². The van der Waals surface area contributed by atoms with Crippen molar-refractivity contribution in [2.75, 3.05) is 6.61 Å². The highest BCUT2D eigenvalue weighted by Gasteiger charge is 2.51. The van der Waals surface area contributed by atoms with Crippen molar-refractivity contribution in [1.82, 2.24) is 24.9 Å². The van der Waals surface area contributed by atoms with Gasteiger partial charge in [-0.3, -0.25) is 4.79 Å². The van der Waals surface area contributed by atoms with Gasteiger partial charge >= 0.3 is 0 Å². The number of hydrogen-bond acceptors (Lipinski definition) is 5. The highest BCUT2D eigenvalue weighted by atomic mass is 19.1. The van der Waals surface area contributed by atoms with Crippen LogP contribution < -0.4 is 4.74 Å². The monoisotopic (exact) mass is 421 g/mol. The number of hydrogen-bond donors (Lipinski definition) is 0. The summed E-state index contributed by atoms with van der Waals surface area (Å²) in [6.45, 7) is 4.40. The first-order chi connectivity index (χ1) is 15.0. The second-order valence-electron chi connectivity index (χ2n) is 8.43. The molecular formula is C23H24FN5O2. The van der Waals surface area contributed by atoms with Crippen LogP contribution in [0.3, 0.4) is 0 Å². The van der Waals surface area contributed by atoms with E-state index in [2.05, 4.69) is 22.1 Å². The third-order valence-electron chi connectivity index (χ3n) is 6.57. The average Bonchev–Trinajstić information content (AvgIpc) is 3.27. The van der Waals surface area contributed by atoms with E-state index in [1.165, 1.54) is 16.9 Å². The summed E-state index contributed by atoms with van der Waals surface area (Å²) in [6.07, 6.45) is 5.15. The van der Waals surface area contributed by atoms with Crippen molar-refractivity contribution in [3.8, 4) is 11.4 Å². The Morgan fingerprint density at radius 2 is 1.84 bits per heavy atom. The normalized spacial score (nSPS) is 24.5. The molecular weight excluding hydrogens is 397 g/mol. The first-order valence-electron chi connectivity index (χ1n) is 10.6. The number of benzene rings is 1. The maximum Gasteiger partial charge on any atom is 0.275 e. The van der Waals surface area contributed by atoms with Gasteiger partial charge in [0.15, 0.2) is 5.69 Å². The van der Waals surface area contributed by atoms with Gasteiger partial charge in [-0.15, -0.1) is 4.80 Å². The molecule has 2 aromatic heterocycles. The lowest BCUT2D eigenvalue weighted by atomic mass is 9.64. The number of rotatable bonds is 5. The van der Waals surface area contributed by atoms with Gasteiger partial charge < -0.3 is 9.64 Å².